The molecule has 0 saturated carbocycles. The molecule has 2 rings (SSSR count). The van der Waals surface area contributed by atoms with Gasteiger partial charge in [-0.15, -0.1) is 0 Å². The van der Waals surface area contributed by atoms with Crippen LogP contribution in [0.2, 0.25) is 0 Å². The van der Waals surface area contributed by atoms with E-state index in [0.717, 1.165) is 6.07 Å². The summed E-state index contributed by atoms with van der Waals surface area (Å²) in [5.74, 6) is 0.303. The van der Waals surface area contributed by atoms with E-state index in [9.17, 15) is 23.4 Å². The second-order valence-corrected chi connectivity index (χ2v) is 5.24. The molecule has 0 aliphatic rings. The second kappa shape index (κ2) is 7.55. The number of hydrogen-bond acceptors (Lipinski definition) is 4. The molecule has 0 fully saturated rings. The molecule has 2 aromatic carbocycles. The number of aliphatic hydroxyl groups is 1. The monoisotopic (exact) mass is 341 g/mol. The maximum absolute atomic E-state index is 12.9. The van der Waals surface area contributed by atoms with Crippen molar-refractivity contribution in [2.45, 2.75) is 18.8 Å². The molecule has 0 aliphatic heterocycles. The van der Waals surface area contributed by atoms with Gasteiger partial charge in [-0.1, -0.05) is 24.3 Å². The summed E-state index contributed by atoms with van der Waals surface area (Å²) < 4.78 is 43.8. The molecule has 0 unspecified atom stereocenters. The van der Waals surface area contributed by atoms with Crippen LogP contribution in [0.3, 0.4) is 0 Å². The van der Waals surface area contributed by atoms with Crippen molar-refractivity contribution in [3.05, 3.63) is 59.2 Å². The van der Waals surface area contributed by atoms with Crippen molar-refractivity contribution in [1.29, 1.82) is 0 Å². The molecular formula is C17H18F3NO3. The average molecular weight is 341 g/mol. The number of methoxy groups -OCH3 is 1. The van der Waals surface area contributed by atoms with Crippen LogP contribution in [0, 0.1) is 0 Å². The Morgan fingerprint density at radius 2 is 1.88 bits per heavy atom. The van der Waals surface area contributed by atoms with Gasteiger partial charge in [0, 0.05) is 13.1 Å². The van der Waals surface area contributed by atoms with Crippen molar-refractivity contribution >= 4 is 0 Å². The molecule has 0 bridgehead atoms. The molecule has 0 aliphatic carbocycles. The highest BCUT2D eigenvalue weighted by Gasteiger charge is 2.34. The van der Waals surface area contributed by atoms with Crippen LogP contribution in [0.25, 0.3) is 0 Å². The number of phenols is 1. The predicted octanol–water partition coefficient (Wildman–Crippen LogP) is 3.24. The highest BCUT2D eigenvalue weighted by atomic mass is 19.4. The Hall–Kier alpha value is -2.25. The Bertz CT molecular complexity index is 689. The number of hydrogen-bond donors (Lipinski definition) is 3. The van der Waals surface area contributed by atoms with Crippen molar-refractivity contribution in [3.8, 4) is 11.5 Å². The molecule has 0 aromatic heterocycles. The number of ether oxygens (including phenoxy) is 1. The van der Waals surface area contributed by atoms with Crippen LogP contribution in [-0.4, -0.2) is 23.9 Å². The van der Waals surface area contributed by atoms with Crippen molar-refractivity contribution in [1.82, 2.24) is 5.32 Å². The van der Waals surface area contributed by atoms with Crippen molar-refractivity contribution in [3.63, 3.8) is 0 Å². The zero-order chi connectivity index (χ0) is 17.7. The van der Waals surface area contributed by atoms with Crippen LogP contribution in [0.5, 0.6) is 11.5 Å². The molecule has 4 nitrogen and oxygen atoms in total. The predicted molar refractivity (Wildman–Crippen MR) is 82.8 cm³/mol. The Balaban J connectivity index is 1.99. The molecular weight excluding hydrogens is 323 g/mol. The summed E-state index contributed by atoms with van der Waals surface area (Å²) in [5.41, 5.74) is -0.305. The van der Waals surface area contributed by atoms with Gasteiger partial charge in [0.05, 0.1) is 18.8 Å². The zero-order valence-corrected chi connectivity index (χ0v) is 13.0. The summed E-state index contributed by atoms with van der Waals surface area (Å²) >= 11 is 0. The molecule has 0 amide bonds. The minimum atomic E-state index is -4.51. The van der Waals surface area contributed by atoms with E-state index in [-0.39, 0.29) is 24.4 Å². The molecule has 0 saturated heterocycles. The molecule has 130 valence electrons. The van der Waals surface area contributed by atoms with Crippen LogP contribution < -0.4 is 10.1 Å². The summed E-state index contributed by atoms with van der Waals surface area (Å²) in [7, 11) is 1.43. The first-order chi connectivity index (χ1) is 11.3. The van der Waals surface area contributed by atoms with Gasteiger partial charge in [-0.25, -0.2) is 0 Å². The third kappa shape index (κ3) is 4.39. The molecule has 1 atom stereocenters. The number of phenolic OH excluding ortho intramolecular Hbond substituents is 1. The van der Waals surface area contributed by atoms with Gasteiger partial charge in [0.2, 0.25) is 0 Å². The van der Waals surface area contributed by atoms with Crippen LogP contribution >= 0.6 is 0 Å². The van der Waals surface area contributed by atoms with E-state index in [1.807, 2.05) is 0 Å². The zero-order valence-electron chi connectivity index (χ0n) is 13.0. The van der Waals surface area contributed by atoms with Crippen LogP contribution in [0.1, 0.15) is 22.8 Å². The number of nitrogens with one attached hydrogen (secondary N) is 1. The third-order valence-corrected chi connectivity index (χ3v) is 3.54. The minimum Gasteiger partial charge on any atom is -0.504 e. The Morgan fingerprint density at radius 1 is 1.17 bits per heavy atom. The fraction of sp³-hybridized carbons (Fsp3) is 0.294. The summed E-state index contributed by atoms with van der Waals surface area (Å²) in [4.78, 5) is 0. The second-order valence-electron chi connectivity index (χ2n) is 5.24. The van der Waals surface area contributed by atoms with E-state index in [2.05, 4.69) is 5.32 Å². The minimum absolute atomic E-state index is 0.0280. The van der Waals surface area contributed by atoms with E-state index < -0.39 is 17.8 Å². The lowest BCUT2D eigenvalue weighted by Gasteiger charge is -2.18. The molecule has 3 N–H and O–H groups in total. The van der Waals surface area contributed by atoms with Crippen LogP contribution in [0.4, 0.5) is 13.2 Å². The topological polar surface area (TPSA) is 61.7 Å². The van der Waals surface area contributed by atoms with Gasteiger partial charge in [0.25, 0.3) is 0 Å². The molecule has 0 spiro atoms. The number of halogens is 3. The van der Waals surface area contributed by atoms with E-state index in [1.54, 1.807) is 12.1 Å². The maximum Gasteiger partial charge on any atom is 0.416 e. The number of aromatic hydroxyl groups is 1. The van der Waals surface area contributed by atoms with Gasteiger partial charge in [0.1, 0.15) is 0 Å². The van der Waals surface area contributed by atoms with Crippen molar-refractivity contribution in [2.24, 2.45) is 0 Å². The van der Waals surface area contributed by atoms with E-state index in [4.69, 9.17) is 4.74 Å². The quantitative estimate of drug-likeness (QED) is 0.755. The first-order valence-corrected chi connectivity index (χ1v) is 7.23. The lowest BCUT2D eigenvalue weighted by atomic mass is 10.0. The number of alkyl halides is 3. The summed E-state index contributed by atoms with van der Waals surface area (Å²) in [6, 6.07) is 9.72. The van der Waals surface area contributed by atoms with Gasteiger partial charge >= 0.3 is 6.18 Å². The first kappa shape index (κ1) is 18.1. The third-order valence-electron chi connectivity index (χ3n) is 3.54. The summed E-state index contributed by atoms with van der Waals surface area (Å²) in [5, 5.41) is 22.6. The van der Waals surface area contributed by atoms with Gasteiger partial charge in [0.15, 0.2) is 11.5 Å². The first-order valence-electron chi connectivity index (χ1n) is 7.23. The highest BCUT2D eigenvalue weighted by molar-refractivity contribution is 5.41. The fourth-order valence-corrected chi connectivity index (χ4v) is 2.35. The van der Waals surface area contributed by atoms with E-state index in [0.29, 0.717) is 11.3 Å². The van der Waals surface area contributed by atoms with Gasteiger partial charge < -0.3 is 20.3 Å². The number of benzene rings is 2. The van der Waals surface area contributed by atoms with E-state index >= 15 is 0 Å². The Labute approximate surface area is 137 Å². The normalized spacial score (nSPS) is 12.9. The lowest BCUT2D eigenvalue weighted by molar-refractivity contribution is -0.139. The van der Waals surface area contributed by atoms with Crippen molar-refractivity contribution in [2.75, 3.05) is 13.7 Å². The lowest BCUT2D eigenvalue weighted by Crippen LogP contribution is -2.23. The molecule has 24 heavy (non-hydrogen) atoms. The summed E-state index contributed by atoms with van der Waals surface area (Å²) in [6.07, 6.45) is -5.81. The van der Waals surface area contributed by atoms with Gasteiger partial charge in [-0.3, -0.25) is 0 Å². The van der Waals surface area contributed by atoms with Gasteiger partial charge in [-0.05, 0) is 29.3 Å². The van der Waals surface area contributed by atoms with Gasteiger partial charge in [-0.2, -0.15) is 13.2 Å². The largest absolute Gasteiger partial charge is 0.504 e. The molecule has 2 aromatic rings. The fourth-order valence-electron chi connectivity index (χ4n) is 2.35. The Kier molecular flexibility index (Phi) is 5.69. The molecule has 7 heteroatoms. The van der Waals surface area contributed by atoms with Crippen LogP contribution in [-0.2, 0) is 12.7 Å². The average Bonchev–Trinajstić information content (AvgIpc) is 2.54. The molecule has 0 radical (unpaired) electrons. The van der Waals surface area contributed by atoms with Crippen molar-refractivity contribution < 1.29 is 28.1 Å². The highest BCUT2D eigenvalue weighted by Crippen LogP contribution is 2.34. The SMILES string of the molecule is COc1ccc(CNC[C@H](O)c2ccccc2C(F)(F)F)cc1O. The number of rotatable bonds is 6. The standard InChI is InChI=1S/C17H18F3NO3/c1-24-16-7-6-11(8-14(16)22)9-21-10-15(23)12-4-2-3-5-13(12)17(18,19)20/h2-8,15,21-23H,9-10H2,1H3/t15-/m0/s1. The summed E-state index contributed by atoms with van der Waals surface area (Å²) in [6.45, 7) is 0.225. The molecule has 0 heterocycles. The Morgan fingerprint density at radius 3 is 2.50 bits per heavy atom. The maximum atomic E-state index is 12.9. The number of aliphatic hydroxyl groups excluding tert-OH is 1. The van der Waals surface area contributed by atoms with E-state index in [1.165, 1.54) is 31.4 Å². The van der Waals surface area contributed by atoms with Crippen LogP contribution in [0.15, 0.2) is 42.5 Å². The smallest absolute Gasteiger partial charge is 0.416 e.